The molecule has 2 aliphatic rings. The maximum atomic E-state index is 13.1. The highest BCUT2D eigenvalue weighted by Crippen LogP contribution is 2.30. The summed E-state index contributed by atoms with van der Waals surface area (Å²) in [5.74, 6) is 3.94. The molecular formula is C32H49FN4. The molecule has 0 bridgehead atoms. The van der Waals surface area contributed by atoms with Crippen molar-refractivity contribution in [2.24, 2.45) is 17.8 Å². The van der Waals surface area contributed by atoms with Crippen LogP contribution in [0.5, 0.6) is 0 Å². The highest BCUT2D eigenvalue weighted by atomic mass is 19.1. The molecule has 1 aliphatic heterocycles. The Kier molecular flexibility index (Phi) is 13.4. The number of rotatable bonds is 4. The van der Waals surface area contributed by atoms with Gasteiger partial charge in [-0.05, 0) is 67.2 Å². The number of anilines is 1. The van der Waals surface area contributed by atoms with Gasteiger partial charge in [-0.1, -0.05) is 84.4 Å². The van der Waals surface area contributed by atoms with Crippen LogP contribution in [0.4, 0.5) is 10.2 Å². The third-order valence-corrected chi connectivity index (χ3v) is 7.15. The van der Waals surface area contributed by atoms with Crippen molar-refractivity contribution in [1.29, 1.82) is 0 Å². The topological polar surface area (TPSA) is 41.1 Å². The van der Waals surface area contributed by atoms with Crippen LogP contribution in [0.15, 0.2) is 60.1 Å². The molecule has 2 heterocycles. The van der Waals surface area contributed by atoms with Crippen molar-refractivity contribution in [3.63, 3.8) is 0 Å². The minimum Gasteiger partial charge on any atom is -0.387 e. The van der Waals surface area contributed by atoms with E-state index in [0.29, 0.717) is 6.54 Å². The number of fused-ring (bicyclic) bond motifs is 1. The third-order valence-electron chi connectivity index (χ3n) is 7.15. The molecular weight excluding hydrogens is 459 g/mol. The first-order chi connectivity index (χ1) is 17.7. The Balaban J connectivity index is 0.000000198. The van der Waals surface area contributed by atoms with Crippen LogP contribution in [0.25, 0.3) is 10.9 Å². The SMILES string of the molecule is CC/C1=C/NC/C=C\C(F)=C/C1C.CCCC1CCC(C)CC1.Cc1nc(N(C)C)c2ccccc2n1. The fourth-order valence-electron chi connectivity index (χ4n) is 4.93. The largest absolute Gasteiger partial charge is 0.387 e. The van der Waals surface area contributed by atoms with Crippen molar-refractivity contribution < 1.29 is 4.39 Å². The highest BCUT2D eigenvalue weighted by Gasteiger charge is 2.16. The van der Waals surface area contributed by atoms with Gasteiger partial charge in [-0.2, -0.15) is 0 Å². The summed E-state index contributed by atoms with van der Waals surface area (Å²) in [5.41, 5.74) is 2.24. The first kappa shape index (κ1) is 30.5. The van der Waals surface area contributed by atoms with Crippen LogP contribution in [0.3, 0.4) is 0 Å². The van der Waals surface area contributed by atoms with Crippen molar-refractivity contribution in [3.05, 3.63) is 65.9 Å². The molecule has 1 aromatic heterocycles. The number of nitrogens with one attached hydrogen (secondary N) is 1. The minimum absolute atomic E-state index is 0.143. The van der Waals surface area contributed by atoms with Crippen LogP contribution in [0, 0.1) is 24.7 Å². The van der Waals surface area contributed by atoms with Crippen molar-refractivity contribution >= 4 is 16.7 Å². The average molecular weight is 509 g/mol. The number of aryl methyl sites for hydroxylation is 1. The first-order valence-electron chi connectivity index (χ1n) is 14.1. The quantitative estimate of drug-likeness (QED) is 0.449. The lowest BCUT2D eigenvalue weighted by molar-refractivity contribution is 0.276. The zero-order valence-electron chi connectivity index (χ0n) is 24.2. The molecule has 2 aromatic rings. The summed E-state index contributed by atoms with van der Waals surface area (Å²) in [6, 6.07) is 8.06. The number of nitrogens with zero attached hydrogens (tertiary/aromatic N) is 3. The molecule has 0 amide bonds. The predicted molar refractivity (Wildman–Crippen MR) is 159 cm³/mol. The molecule has 4 rings (SSSR count). The number of hydrogen-bond acceptors (Lipinski definition) is 4. The van der Waals surface area contributed by atoms with Crippen LogP contribution in [0.1, 0.15) is 78.5 Å². The second-order valence-corrected chi connectivity index (χ2v) is 10.6. The van der Waals surface area contributed by atoms with Crippen LogP contribution in [0.2, 0.25) is 0 Å². The number of allylic oxidation sites excluding steroid dienone is 4. The van der Waals surface area contributed by atoms with Crippen molar-refractivity contribution in [2.45, 2.75) is 79.6 Å². The summed E-state index contributed by atoms with van der Waals surface area (Å²) in [4.78, 5) is 10.8. The molecule has 0 saturated heterocycles. The Hall–Kier alpha value is -2.69. The molecule has 37 heavy (non-hydrogen) atoms. The normalized spacial score (nSPS) is 25.1. The van der Waals surface area contributed by atoms with Crippen LogP contribution >= 0.6 is 0 Å². The van der Waals surface area contributed by atoms with Crippen LogP contribution < -0.4 is 10.2 Å². The molecule has 1 atom stereocenters. The summed E-state index contributed by atoms with van der Waals surface area (Å²) < 4.78 is 13.1. The first-order valence-corrected chi connectivity index (χ1v) is 14.1. The predicted octanol–water partition coefficient (Wildman–Crippen LogP) is 8.55. The number of aromatic nitrogens is 2. The van der Waals surface area contributed by atoms with E-state index in [0.717, 1.165) is 40.8 Å². The molecule has 1 unspecified atom stereocenters. The fourth-order valence-corrected chi connectivity index (χ4v) is 4.93. The smallest absolute Gasteiger partial charge is 0.139 e. The van der Waals surface area contributed by atoms with Gasteiger partial charge in [0.15, 0.2) is 0 Å². The van der Waals surface area contributed by atoms with Gasteiger partial charge in [0.25, 0.3) is 0 Å². The molecule has 4 nitrogen and oxygen atoms in total. The van der Waals surface area contributed by atoms with Gasteiger partial charge in [0.2, 0.25) is 0 Å². The van der Waals surface area contributed by atoms with Crippen molar-refractivity contribution in [3.8, 4) is 0 Å². The monoisotopic (exact) mass is 508 g/mol. The van der Waals surface area contributed by atoms with E-state index >= 15 is 0 Å². The van der Waals surface area contributed by atoms with E-state index in [1.54, 1.807) is 12.2 Å². The summed E-state index contributed by atoms with van der Waals surface area (Å²) in [6.07, 6.45) is 16.8. The maximum Gasteiger partial charge on any atom is 0.139 e. The highest BCUT2D eigenvalue weighted by molar-refractivity contribution is 5.89. The molecule has 1 aromatic carbocycles. The summed E-state index contributed by atoms with van der Waals surface area (Å²) in [7, 11) is 3.99. The van der Waals surface area contributed by atoms with E-state index in [4.69, 9.17) is 0 Å². The molecule has 5 heteroatoms. The lowest BCUT2D eigenvalue weighted by Crippen LogP contribution is -2.12. The summed E-state index contributed by atoms with van der Waals surface area (Å²) in [5, 5.41) is 4.23. The van der Waals surface area contributed by atoms with E-state index in [1.807, 2.05) is 63.3 Å². The van der Waals surface area contributed by atoms with Gasteiger partial charge in [-0.3, -0.25) is 0 Å². The Morgan fingerprint density at radius 1 is 1.03 bits per heavy atom. The van der Waals surface area contributed by atoms with Crippen molar-refractivity contribution in [2.75, 3.05) is 25.5 Å². The number of para-hydroxylation sites is 1. The second-order valence-electron chi connectivity index (χ2n) is 10.6. The van der Waals surface area contributed by atoms with E-state index in [-0.39, 0.29) is 11.7 Å². The van der Waals surface area contributed by atoms with Gasteiger partial charge in [0, 0.05) is 26.0 Å². The van der Waals surface area contributed by atoms with Gasteiger partial charge in [-0.25, -0.2) is 14.4 Å². The molecule has 1 N–H and O–H groups in total. The fraction of sp³-hybridized carbons (Fsp3) is 0.562. The average Bonchev–Trinajstić information content (AvgIpc) is 2.95. The van der Waals surface area contributed by atoms with Crippen LogP contribution in [-0.2, 0) is 0 Å². The lowest BCUT2D eigenvalue weighted by Gasteiger charge is -2.25. The van der Waals surface area contributed by atoms with Gasteiger partial charge >= 0.3 is 0 Å². The number of halogens is 1. The number of hydrogen-bond donors (Lipinski definition) is 1. The number of benzene rings is 1. The Labute approximate surface area is 225 Å². The van der Waals surface area contributed by atoms with Crippen LogP contribution in [-0.4, -0.2) is 30.6 Å². The van der Waals surface area contributed by atoms with E-state index in [2.05, 4.69) is 36.1 Å². The molecule has 0 spiro atoms. The zero-order chi connectivity index (χ0) is 27.2. The van der Waals surface area contributed by atoms with Crippen molar-refractivity contribution in [1.82, 2.24) is 15.3 Å². The van der Waals surface area contributed by atoms with Gasteiger partial charge in [0.1, 0.15) is 17.5 Å². The molecule has 1 aliphatic carbocycles. The Bertz CT molecular complexity index is 1030. The maximum absolute atomic E-state index is 13.1. The third kappa shape index (κ3) is 10.7. The van der Waals surface area contributed by atoms with E-state index < -0.39 is 0 Å². The zero-order valence-corrected chi connectivity index (χ0v) is 24.2. The van der Waals surface area contributed by atoms with E-state index in [1.165, 1.54) is 50.2 Å². The van der Waals surface area contributed by atoms with Gasteiger partial charge in [0.05, 0.1) is 5.52 Å². The Morgan fingerprint density at radius 2 is 1.73 bits per heavy atom. The van der Waals surface area contributed by atoms with Gasteiger partial charge < -0.3 is 10.2 Å². The molecule has 204 valence electrons. The van der Waals surface area contributed by atoms with E-state index in [9.17, 15) is 4.39 Å². The standard InChI is InChI=1S/C11H16FN.C11H13N3.C10H20/c1-3-10-8-13-6-4-5-11(12)7-9(10)2;1-8-12-10-7-5-4-6-9(10)11(13-8)14(2)3;1-3-4-10-7-5-9(2)6-8-10/h4-5,7-9,13H,3,6H2,1-2H3;4-7H,1-3H3;9-10H,3-8H2,1-2H3/b5-4-,10-8-,11-7+;;. The molecule has 0 radical (unpaired) electrons. The molecule has 1 saturated carbocycles. The molecule has 1 fully saturated rings. The summed E-state index contributed by atoms with van der Waals surface area (Å²) in [6.45, 7) is 11.4. The Morgan fingerprint density at radius 3 is 2.38 bits per heavy atom. The second kappa shape index (κ2) is 16.2. The summed E-state index contributed by atoms with van der Waals surface area (Å²) >= 11 is 0. The minimum atomic E-state index is -0.143. The lowest BCUT2D eigenvalue weighted by atomic mass is 9.81. The van der Waals surface area contributed by atoms with Gasteiger partial charge in [-0.15, -0.1) is 0 Å².